The average Bonchev–Trinajstić information content (AvgIpc) is 2.99. The van der Waals surface area contributed by atoms with Crippen molar-refractivity contribution in [2.45, 2.75) is 0 Å². The summed E-state index contributed by atoms with van der Waals surface area (Å²) in [5.41, 5.74) is 2.83. The van der Waals surface area contributed by atoms with E-state index in [2.05, 4.69) is 32.5 Å². The summed E-state index contributed by atoms with van der Waals surface area (Å²) in [4.78, 5) is 2.35. The van der Waals surface area contributed by atoms with E-state index < -0.39 is 0 Å². The Morgan fingerprint density at radius 1 is 1.05 bits per heavy atom. The molecule has 2 aromatic heterocycles. The first-order valence-electron chi connectivity index (χ1n) is 7.41. The minimum Gasteiger partial charge on any atom is -0.508 e. The summed E-state index contributed by atoms with van der Waals surface area (Å²) in [7, 11) is 0. The van der Waals surface area contributed by atoms with Crippen molar-refractivity contribution in [1.82, 2.24) is 19.9 Å². The Kier molecular flexibility index (Phi) is 3.16. The van der Waals surface area contributed by atoms with Crippen molar-refractivity contribution in [3.8, 4) is 17.1 Å². The molecule has 0 aliphatic carbocycles. The highest BCUT2D eigenvalue weighted by molar-refractivity contribution is 5.64. The van der Waals surface area contributed by atoms with Gasteiger partial charge < -0.3 is 15.3 Å². The van der Waals surface area contributed by atoms with Crippen LogP contribution in [0.5, 0.6) is 5.75 Å². The molecule has 1 aliphatic heterocycles. The normalized spacial score (nSPS) is 15.4. The smallest absolute Gasteiger partial charge is 0.168 e. The third-order valence-corrected chi connectivity index (χ3v) is 3.98. The van der Waals surface area contributed by atoms with Gasteiger partial charge in [0, 0.05) is 49.7 Å². The van der Waals surface area contributed by atoms with Crippen LogP contribution in [0.25, 0.3) is 17.0 Å². The maximum atomic E-state index is 9.63. The van der Waals surface area contributed by atoms with Crippen LogP contribution in [-0.2, 0) is 0 Å². The predicted molar refractivity (Wildman–Crippen MR) is 85.2 cm³/mol. The van der Waals surface area contributed by atoms with E-state index in [1.807, 2.05) is 16.7 Å². The minimum absolute atomic E-state index is 0.228. The van der Waals surface area contributed by atoms with Gasteiger partial charge in [-0.3, -0.25) is 4.40 Å². The van der Waals surface area contributed by atoms with Crippen LogP contribution in [0.15, 0.2) is 42.6 Å². The lowest BCUT2D eigenvalue weighted by molar-refractivity contribution is 0.475. The number of fused-ring (bicyclic) bond motifs is 1. The molecule has 3 heterocycles. The highest BCUT2D eigenvalue weighted by Gasteiger charge is 2.13. The van der Waals surface area contributed by atoms with Crippen molar-refractivity contribution in [2.75, 3.05) is 31.1 Å². The molecule has 0 unspecified atom stereocenters. The first-order valence-corrected chi connectivity index (χ1v) is 7.41. The molecule has 1 aromatic carbocycles. The average molecular weight is 295 g/mol. The van der Waals surface area contributed by atoms with Gasteiger partial charge in [0.05, 0.1) is 0 Å². The van der Waals surface area contributed by atoms with Crippen LogP contribution in [0.4, 0.5) is 5.69 Å². The van der Waals surface area contributed by atoms with Crippen LogP contribution in [0.1, 0.15) is 0 Å². The van der Waals surface area contributed by atoms with Crippen molar-refractivity contribution in [1.29, 1.82) is 0 Å². The van der Waals surface area contributed by atoms with E-state index >= 15 is 0 Å². The molecule has 4 rings (SSSR count). The van der Waals surface area contributed by atoms with Gasteiger partial charge >= 0.3 is 0 Å². The van der Waals surface area contributed by atoms with Crippen LogP contribution in [0.2, 0.25) is 0 Å². The number of hydrogen-bond acceptors (Lipinski definition) is 5. The van der Waals surface area contributed by atoms with Crippen LogP contribution < -0.4 is 10.2 Å². The van der Waals surface area contributed by atoms with Crippen molar-refractivity contribution in [3.05, 3.63) is 42.6 Å². The second-order valence-corrected chi connectivity index (χ2v) is 5.42. The van der Waals surface area contributed by atoms with Gasteiger partial charge in [0.2, 0.25) is 0 Å². The first kappa shape index (κ1) is 13.1. The standard InChI is InChI=1S/C16H17N5O/c22-14-3-1-2-12(10-14)16-19-18-15-11-13(4-7-21(15)16)20-8-5-17-6-9-20/h1-4,7,10-11,17,22H,5-6,8-9H2. The summed E-state index contributed by atoms with van der Waals surface area (Å²) in [6, 6.07) is 11.2. The Labute approximate surface area is 128 Å². The van der Waals surface area contributed by atoms with Gasteiger partial charge in [0.1, 0.15) is 5.75 Å². The zero-order valence-electron chi connectivity index (χ0n) is 12.1. The van der Waals surface area contributed by atoms with Crippen molar-refractivity contribution in [2.24, 2.45) is 0 Å². The minimum atomic E-state index is 0.228. The number of benzene rings is 1. The van der Waals surface area contributed by atoms with Gasteiger partial charge in [-0.25, -0.2) is 0 Å². The Balaban J connectivity index is 1.74. The quantitative estimate of drug-likeness (QED) is 0.750. The van der Waals surface area contributed by atoms with Crippen LogP contribution >= 0.6 is 0 Å². The molecule has 1 fully saturated rings. The van der Waals surface area contributed by atoms with E-state index in [4.69, 9.17) is 0 Å². The molecule has 1 saturated heterocycles. The Hall–Kier alpha value is -2.60. The third-order valence-electron chi connectivity index (χ3n) is 3.98. The van der Waals surface area contributed by atoms with E-state index in [-0.39, 0.29) is 5.75 Å². The second kappa shape index (κ2) is 5.31. The molecule has 3 aromatic rings. The number of nitrogens with one attached hydrogen (secondary N) is 1. The number of rotatable bonds is 2. The Morgan fingerprint density at radius 2 is 1.91 bits per heavy atom. The van der Waals surface area contributed by atoms with E-state index in [9.17, 15) is 5.11 Å². The van der Waals surface area contributed by atoms with Gasteiger partial charge in [0.25, 0.3) is 0 Å². The van der Waals surface area contributed by atoms with Crippen molar-refractivity contribution >= 4 is 11.3 Å². The van der Waals surface area contributed by atoms with Crippen LogP contribution in [-0.4, -0.2) is 45.9 Å². The molecule has 0 atom stereocenters. The second-order valence-electron chi connectivity index (χ2n) is 5.42. The molecule has 22 heavy (non-hydrogen) atoms. The number of aromatic hydroxyl groups is 1. The first-order chi connectivity index (χ1) is 10.8. The van der Waals surface area contributed by atoms with Gasteiger partial charge in [-0.15, -0.1) is 10.2 Å². The number of phenolic OH excluding ortho intramolecular Hbond substituents is 1. The van der Waals surface area contributed by atoms with Gasteiger partial charge in [0.15, 0.2) is 11.5 Å². The zero-order chi connectivity index (χ0) is 14.9. The number of pyridine rings is 1. The molecule has 2 N–H and O–H groups in total. The van der Waals surface area contributed by atoms with Crippen LogP contribution in [0, 0.1) is 0 Å². The Bertz CT molecular complexity index is 807. The lowest BCUT2D eigenvalue weighted by Crippen LogP contribution is -2.43. The molecule has 6 heteroatoms. The lowest BCUT2D eigenvalue weighted by Gasteiger charge is -2.29. The van der Waals surface area contributed by atoms with E-state index in [0.29, 0.717) is 0 Å². The number of piperazine rings is 1. The molecule has 0 saturated carbocycles. The molecule has 112 valence electrons. The lowest BCUT2D eigenvalue weighted by atomic mass is 10.2. The van der Waals surface area contributed by atoms with E-state index in [0.717, 1.165) is 43.2 Å². The monoisotopic (exact) mass is 295 g/mol. The number of phenols is 1. The molecular formula is C16H17N5O. The van der Waals surface area contributed by atoms with E-state index in [1.165, 1.54) is 5.69 Å². The zero-order valence-corrected chi connectivity index (χ0v) is 12.1. The molecule has 1 aliphatic rings. The fourth-order valence-electron chi connectivity index (χ4n) is 2.84. The summed E-state index contributed by atoms with van der Waals surface area (Å²) in [5, 5.41) is 21.5. The molecule has 0 radical (unpaired) electrons. The SMILES string of the molecule is Oc1cccc(-c2nnc3cc(N4CCNCC4)ccn23)c1. The summed E-state index contributed by atoms with van der Waals surface area (Å²) >= 11 is 0. The van der Waals surface area contributed by atoms with Crippen LogP contribution in [0.3, 0.4) is 0 Å². The fourth-order valence-corrected chi connectivity index (χ4v) is 2.84. The molecule has 6 nitrogen and oxygen atoms in total. The summed E-state index contributed by atoms with van der Waals surface area (Å²) in [6.45, 7) is 4.02. The molecular weight excluding hydrogens is 278 g/mol. The largest absolute Gasteiger partial charge is 0.508 e. The third kappa shape index (κ3) is 2.27. The van der Waals surface area contributed by atoms with Crippen molar-refractivity contribution < 1.29 is 5.11 Å². The summed E-state index contributed by atoms with van der Waals surface area (Å²) < 4.78 is 1.94. The predicted octanol–water partition coefficient (Wildman–Crippen LogP) is 1.51. The van der Waals surface area contributed by atoms with Gasteiger partial charge in [-0.05, 0) is 18.2 Å². The highest BCUT2D eigenvalue weighted by atomic mass is 16.3. The number of aromatic nitrogens is 3. The fraction of sp³-hybridized carbons (Fsp3) is 0.250. The van der Waals surface area contributed by atoms with E-state index in [1.54, 1.807) is 18.2 Å². The number of nitrogens with zero attached hydrogens (tertiary/aromatic N) is 4. The van der Waals surface area contributed by atoms with Gasteiger partial charge in [-0.1, -0.05) is 12.1 Å². The molecule has 0 bridgehead atoms. The summed E-state index contributed by atoms with van der Waals surface area (Å²) in [5.74, 6) is 0.962. The summed E-state index contributed by atoms with van der Waals surface area (Å²) in [6.07, 6.45) is 1.99. The molecule has 0 spiro atoms. The number of hydrogen-bond donors (Lipinski definition) is 2. The maximum Gasteiger partial charge on any atom is 0.168 e. The van der Waals surface area contributed by atoms with Crippen molar-refractivity contribution in [3.63, 3.8) is 0 Å². The van der Waals surface area contributed by atoms with Gasteiger partial charge in [-0.2, -0.15) is 0 Å². The topological polar surface area (TPSA) is 65.7 Å². The highest BCUT2D eigenvalue weighted by Crippen LogP contribution is 2.24. The molecule has 0 amide bonds. The Morgan fingerprint density at radius 3 is 2.73 bits per heavy atom. The maximum absolute atomic E-state index is 9.63. The number of anilines is 1.